The van der Waals surface area contributed by atoms with E-state index in [0.29, 0.717) is 16.3 Å². The first kappa shape index (κ1) is 20.2. The third-order valence-electron chi connectivity index (χ3n) is 5.36. The molecule has 1 N–H and O–H groups in total. The van der Waals surface area contributed by atoms with Crippen LogP contribution < -0.4 is 5.43 Å². The Morgan fingerprint density at radius 1 is 1.00 bits per heavy atom. The Balaban J connectivity index is 1.58. The molecule has 7 heteroatoms. The van der Waals surface area contributed by atoms with Gasteiger partial charge in [-0.1, -0.05) is 35.5 Å². The van der Waals surface area contributed by atoms with Crippen LogP contribution in [0.15, 0.2) is 75.4 Å². The molecule has 1 amide bonds. The summed E-state index contributed by atoms with van der Waals surface area (Å²) >= 11 is 7.52. The fourth-order valence-electron chi connectivity index (χ4n) is 3.77. The lowest BCUT2D eigenvalue weighted by molar-refractivity contribution is 0.0826. The maximum Gasteiger partial charge on any atom is 0.265 e. The molecule has 3 aromatic rings. The minimum Gasteiger partial charge on any atom is -0.285 e. The predicted molar refractivity (Wildman–Crippen MR) is 122 cm³/mol. The van der Waals surface area contributed by atoms with Gasteiger partial charge in [-0.2, -0.15) is 0 Å². The molecule has 2 aliphatic rings. The van der Waals surface area contributed by atoms with E-state index in [-0.39, 0.29) is 11.7 Å². The lowest BCUT2D eigenvalue weighted by Crippen LogP contribution is -2.39. The zero-order valence-electron chi connectivity index (χ0n) is 16.6. The van der Waals surface area contributed by atoms with Crippen LogP contribution in [0.2, 0.25) is 5.02 Å². The number of aliphatic imine (C=N–C) groups is 1. The van der Waals surface area contributed by atoms with Crippen molar-refractivity contribution in [3.05, 3.63) is 88.2 Å². The van der Waals surface area contributed by atoms with E-state index in [1.807, 2.05) is 35.3 Å². The van der Waals surface area contributed by atoms with Crippen LogP contribution in [-0.4, -0.2) is 29.7 Å². The highest BCUT2D eigenvalue weighted by Crippen LogP contribution is 2.42. The molecule has 0 atom stereocenters. The molecular weight excluding hydrogens is 433 g/mol. The van der Waals surface area contributed by atoms with Gasteiger partial charge in [0.05, 0.1) is 11.4 Å². The van der Waals surface area contributed by atoms with Crippen LogP contribution in [0.1, 0.15) is 34.3 Å². The summed E-state index contributed by atoms with van der Waals surface area (Å²) in [4.78, 5) is 19.3. The first-order chi connectivity index (χ1) is 15.1. The summed E-state index contributed by atoms with van der Waals surface area (Å²) < 4.78 is 14.0. The summed E-state index contributed by atoms with van der Waals surface area (Å²) in [5.41, 5.74) is 6.62. The third kappa shape index (κ3) is 4.24. The fraction of sp³-hybridized carbons (Fsp3) is 0.167. The van der Waals surface area contributed by atoms with E-state index in [9.17, 15) is 9.18 Å². The molecule has 2 aliphatic heterocycles. The number of fused-ring (bicyclic) bond motifs is 2. The van der Waals surface area contributed by atoms with Crippen molar-refractivity contribution in [1.29, 1.82) is 0 Å². The van der Waals surface area contributed by atoms with E-state index in [0.717, 1.165) is 52.6 Å². The van der Waals surface area contributed by atoms with Gasteiger partial charge in [0.15, 0.2) is 0 Å². The maximum atomic E-state index is 14.0. The van der Waals surface area contributed by atoms with Crippen LogP contribution in [0.4, 0.5) is 10.1 Å². The average Bonchev–Trinajstić information content (AvgIpc) is 3.21. The van der Waals surface area contributed by atoms with Crippen molar-refractivity contribution < 1.29 is 9.18 Å². The summed E-state index contributed by atoms with van der Waals surface area (Å²) in [7, 11) is 0. The third-order valence-corrected chi connectivity index (χ3v) is 6.73. The van der Waals surface area contributed by atoms with Crippen LogP contribution in [0.3, 0.4) is 0 Å². The van der Waals surface area contributed by atoms with Gasteiger partial charge in [0.25, 0.3) is 5.91 Å². The van der Waals surface area contributed by atoms with Crippen molar-refractivity contribution >= 4 is 40.7 Å². The van der Waals surface area contributed by atoms with Crippen LogP contribution in [-0.2, 0) is 0 Å². The minimum absolute atomic E-state index is 0.147. The van der Waals surface area contributed by atoms with E-state index < -0.39 is 0 Å². The Bertz CT molecular complexity index is 1190. The van der Waals surface area contributed by atoms with Crippen molar-refractivity contribution in [1.82, 2.24) is 10.4 Å². The number of hydrogen-bond donors (Lipinski definition) is 1. The highest BCUT2D eigenvalue weighted by molar-refractivity contribution is 7.99. The predicted octanol–water partition coefficient (Wildman–Crippen LogP) is 5.85. The van der Waals surface area contributed by atoms with Gasteiger partial charge in [0.1, 0.15) is 5.82 Å². The molecule has 0 aliphatic carbocycles. The molecular formula is C24H19ClFN3OS. The molecule has 0 radical (unpaired) electrons. The van der Waals surface area contributed by atoms with Gasteiger partial charge in [-0.05, 0) is 61.4 Å². The van der Waals surface area contributed by atoms with Gasteiger partial charge in [-0.3, -0.25) is 10.2 Å². The van der Waals surface area contributed by atoms with E-state index in [1.165, 1.54) is 23.9 Å². The Kier molecular flexibility index (Phi) is 5.52. The maximum absolute atomic E-state index is 14.0. The molecule has 4 nitrogen and oxygen atoms in total. The first-order valence-corrected chi connectivity index (χ1v) is 11.3. The van der Waals surface area contributed by atoms with Crippen molar-refractivity contribution in [3.63, 3.8) is 0 Å². The summed E-state index contributed by atoms with van der Waals surface area (Å²) in [6.07, 6.45) is 2.18. The molecule has 156 valence electrons. The highest BCUT2D eigenvalue weighted by atomic mass is 35.5. The number of carbonyl (C=O) groups excluding carboxylic acids is 1. The first-order valence-electron chi connectivity index (χ1n) is 10.1. The molecule has 31 heavy (non-hydrogen) atoms. The zero-order chi connectivity index (χ0) is 21.4. The number of hydrogen-bond acceptors (Lipinski definition) is 4. The van der Waals surface area contributed by atoms with Gasteiger partial charge in [-0.25, -0.2) is 14.4 Å². The molecule has 0 saturated carbocycles. The molecule has 3 aromatic carbocycles. The van der Waals surface area contributed by atoms with Crippen molar-refractivity contribution in [2.75, 3.05) is 13.1 Å². The quantitative estimate of drug-likeness (QED) is 0.424. The average molecular weight is 452 g/mol. The number of benzene rings is 3. The summed E-state index contributed by atoms with van der Waals surface area (Å²) in [6.45, 7) is 1.73. The largest absolute Gasteiger partial charge is 0.285 e. The second-order valence-corrected chi connectivity index (χ2v) is 9.05. The standard InChI is InChI=1S/C24H19ClFN3OS/c25-17-6-3-15(4-7-17)23-19-9-8-18(26)14-22(19)31-21-10-5-16(13-20(21)27-23)24(30)28-29-11-1-2-12-29/h3-10,13-14H,1-2,11-12H2,(H,28,30). The molecule has 0 bridgehead atoms. The smallest absolute Gasteiger partial charge is 0.265 e. The lowest BCUT2D eigenvalue weighted by Gasteiger charge is -2.16. The van der Waals surface area contributed by atoms with Crippen LogP contribution >= 0.6 is 23.4 Å². The van der Waals surface area contributed by atoms with Gasteiger partial charge >= 0.3 is 0 Å². The van der Waals surface area contributed by atoms with E-state index in [2.05, 4.69) is 5.43 Å². The van der Waals surface area contributed by atoms with E-state index in [4.69, 9.17) is 16.6 Å². The van der Waals surface area contributed by atoms with Gasteiger partial charge in [0.2, 0.25) is 0 Å². The summed E-state index contributed by atoms with van der Waals surface area (Å²) in [6, 6.07) is 17.6. The second-order valence-electron chi connectivity index (χ2n) is 7.53. The number of amides is 1. The highest BCUT2D eigenvalue weighted by Gasteiger charge is 2.22. The van der Waals surface area contributed by atoms with Crippen molar-refractivity contribution in [3.8, 4) is 0 Å². The molecule has 0 aromatic heterocycles. The number of hydrazine groups is 1. The Morgan fingerprint density at radius 3 is 2.55 bits per heavy atom. The van der Waals surface area contributed by atoms with Crippen LogP contribution in [0, 0.1) is 5.82 Å². The summed E-state index contributed by atoms with van der Waals surface area (Å²) in [5, 5.41) is 2.58. The number of carbonyl (C=O) groups is 1. The van der Waals surface area contributed by atoms with Gasteiger partial charge in [0, 0.05) is 44.6 Å². The fourth-order valence-corrected chi connectivity index (χ4v) is 4.93. The monoisotopic (exact) mass is 451 g/mol. The van der Waals surface area contributed by atoms with Crippen LogP contribution in [0.5, 0.6) is 0 Å². The molecule has 2 heterocycles. The number of nitrogens with zero attached hydrogens (tertiary/aromatic N) is 2. The molecule has 0 unspecified atom stereocenters. The molecule has 1 fully saturated rings. The van der Waals surface area contributed by atoms with Crippen molar-refractivity contribution in [2.24, 2.45) is 4.99 Å². The normalized spacial score (nSPS) is 15.6. The van der Waals surface area contributed by atoms with Gasteiger partial charge in [-0.15, -0.1) is 0 Å². The number of rotatable bonds is 3. The molecule has 1 saturated heterocycles. The Labute approximate surface area is 189 Å². The van der Waals surface area contributed by atoms with E-state index >= 15 is 0 Å². The number of nitrogens with one attached hydrogen (secondary N) is 1. The van der Waals surface area contributed by atoms with Crippen LogP contribution in [0.25, 0.3) is 0 Å². The SMILES string of the molecule is O=C(NN1CCCC1)c1ccc2c(c1)N=C(c1ccc(Cl)cc1)c1ccc(F)cc1S2. The Hall–Kier alpha value is -2.67. The second kappa shape index (κ2) is 8.46. The molecule has 0 spiro atoms. The van der Waals surface area contributed by atoms with Gasteiger partial charge < -0.3 is 0 Å². The van der Waals surface area contributed by atoms with Crippen molar-refractivity contribution in [2.45, 2.75) is 22.6 Å². The Morgan fingerprint density at radius 2 is 1.77 bits per heavy atom. The molecule has 5 rings (SSSR count). The number of halogens is 2. The summed E-state index contributed by atoms with van der Waals surface area (Å²) in [5.74, 6) is -0.447. The lowest BCUT2D eigenvalue weighted by atomic mass is 10.0. The zero-order valence-corrected chi connectivity index (χ0v) is 18.1. The topological polar surface area (TPSA) is 44.7 Å². The minimum atomic E-state index is -0.299. The van der Waals surface area contributed by atoms with E-state index in [1.54, 1.807) is 18.2 Å².